The van der Waals surface area contributed by atoms with Crippen molar-refractivity contribution in [1.82, 2.24) is 10.2 Å². The Balaban J connectivity index is 2.04. The molecular formula is C18H20N2O3. The van der Waals surface area contributed by atoms with E-state index in [0.717, 1.165) is 11.1 Å². The Hall–Kier alpha value is -2.82. The second kappa shape index (κ2) is 8.58. The number of nitrogens with zero attached hydrogens (tertiary/aromatic N) is 1. The molecule has 0 bridgehead atoms. The first kappa shape index (κ1) is 16.5. The predicted octanol–water partition coefficient (Wildman–Crippen LogP) is 2.87. The number of urea groups is 1. The van der Waals surface area contributed by atoms with E-state index in [9.17, 15) is 9.59 Å². The minimum atomic E-state index is -0.928. The van der Waals surface area contributed by atoms with Crippen molar-refractivity contribution in [3.63, 3.8) is 0 Å². The lowest BCUT2D eigenvalue weighted by Gasteiger charge is -2.23. The molecule has 2 amide bonds. The third kappa shape index (κ3) is 5.82. The van der Waals surface area contributed by atoms with Gasteiger partial charge in [-0.2, -0.15) is 0 Å². The molecule has 0 aliphatic rings. The number of aliphatic carboxylic acids is 1. The summed E-state index contributed by atoms with van der Waals surface area (Å²) in [6.07, 6.45) is -0.0870. The number of rotatable bonds is 7. The summed E-state index contributed by atoms with van der Waals surface area (Å²) in [5, 5.41) is 11.3. The molecule has 0 atom stereocenters. The molecule has 5 heteroatoms. The SMILES string of the molecule is O=C(O)CCNC(=O)N(Cc1ccccc1)Cc1ccccc1. The second-order valence-corrected chi connectivity index (χ2v) is 5.20. The number of carboxylic acids is 1. The number of carbonyl (C=O) groups is 2. The maximum atomic E-state index is 12.4. The molecule has 0 radical (unpaired) electrons. The van der Waals surface area contributed by atoms with Gasteiger partial charge in [0.05, 0.1) is 6.42 Å². The van der Waals surface area contributed by atoms with Crippen LogP contribution in [-0.4, -0.2) is 28.6 Å². The number of amides is 2. The lowest BCUT2D eigenvalue weighted by atomic mass is 10.2. The molecule has 0 aromatic heterocycles. The molecule has 0 saturated carbocycles. The predicted molar refractivity (Wildman–Crippen MR) is 87.8 cm³/mol. The number of carboxylic acid groups (broad SMARTS) is 1. The lowest BCUT2D eigenvalue weighted by molar-refractivity contribution is -0.136. The molecule has 2 rings (SSSR count). The number of hydrogen-bond donors (Lipinski definition) is 2. The van der Waals surface area contributed by atoms with Crippen molar-refractivity contribution in [2.75, 3.05) is 6.54 Å². The van der Waals surface area contributed by atoms with Gasteiger partial charge in [0.15, 0.2) is 0 Å². The van der Waals surface area contributed by atoms with Crippen LogP contribution in [0, 0.1) is 0 Å². The van der Waals surface area contributed by atoms with Gasteiger partial charge in [0.1, 0.15) is 0 Å². The summed E-state index contributed by atoms with van der Waals surface area (Å²) in [7, 11) is 0. The van der Waals surface area contributed by atoms with Gasteiger partial charge in [-0.05, 0) is 11.1 Å². The van der Waals surface area contributed by atoms with E-state index in [1.807, 2.05) is 60.7 Å². The third-order valence-electron chi connectivity index (χ3n) is 3.33. The minimum absolute atomic E-state index is 0.0870. The van der Waals surface area contributed by atoms with E-state index in [0.29, 0.717) is 13.1 Å². The topological polar surface area (TPSA) is 69.6 Å². The van der Waals surface area contributed by atoms with Crippen molar-refractivity contribution in [3.05, 3.63) is 71.8 Å². The van der Waals surface area contributed by atoms with Crippen LogP contribution in [0.3, 0.4) is 0 Å². The molecule has 23 heavy (non-hydrogen) atoms. The molecule has 2 aromatic carbocycles. The molecule has 0 heterocycles. The summed E-state index contributed by atoms with van der Waals surface area (Å²) in [6, 6.07) is 19.2. The van der Waals surface area contributed by atoms with Crippen molar-refractivity contribution < 1.29 is 14.7 Å². The summed E-state index contributed by atoms with van der Waals surface area (Å²) in [4.78, 5) is 24.6. The zero-order chi connectivity index (χ0) is 16.5. The van der Waals surface area contributed by atoms with Crippen LogP contribution in [0.1, 0.15) is 17.5 Å². The van der Waals surface area contributed by atoms with Gasteiger partial charge < -0.3 is 15.3 Å². The van der Waals surface area contributed by atoms with Crippen LogP contribution < -0.4 is 5.32 Å². The van der Waals surface area contributed by atoms with Gasteiger partial charge in [-0.3, -0.25) is 4.79 Å². The average molecular weight is 312 g/mol. The largest absolute Gasteiger partial charge is 0.481 e. The van der Waals surface area contributed by atoms with Gasteiger partial charge in [0.2, 0.25) is 0 Å². The first-order valence-electron chi connectivity index (χ1n) is 7.47. The van der Waals surface area contributed by atoms with E-state index in [2.05, 4.69) is 5.32 Å². The molecule has 0 aliphatic carbocycles. The summed E-state index contributed by atoms with van der Waals surface area (Å²) >= 11 is 0. The summed E-state index contributed by atoms with van der Waals surface area (Å²) in [6.45, 7) is 1.05. The van der Waals surface area contributed by atoms with Crippen LogP contribution in [0.2, 0.25) is 0 Å². The Morgan fingerprint density at radius 2 is 1.35 bits per heavy atom. The van der Waals surface area contributed by atoms with Gasteiger partial charge >= 0.3 is 12.0 Å². The molecular weight excluding hydrogens is 292 g/mol. The zero-order valence-corrected chi connectivity index (χ0v) is 12.8. The fourth-order valence-corrected chi connectivity index (χ4v) is 2.20. The number of nitrogens with one attached hydrogen (secondary N) is 1. The highest BCUT2D eigenvalue weighted by Crippen LogP contribution is 2.10. The van der Waals surface area contributed by atoms with Crippen molar-refractivity contribution in [2.45, 2.75) is 19.5 Å². The van der Waals surface area contributed by atoms with E-state index in [4.69, 9.17) is 5.11 Å². The third-order valence-corrected chi connectivity index (χ3v) is 3.33. The van der Waals surface area contributed by atoms with E-state index in [1.165, 1.54) is 0 Å². The smallest absolute Gasteiger partial charge is 0.318 e. The molecule has 0 saturated heterocycles. The Kier molecular flexibility index (Phi) is 6.17. The molecule has 2 aromatic rings. The summed E-state index contributed by atoms with van der Waals surface area (Å²) in [5.74, 6) is -0.928. The van der Waals surface area contributed by atoms with Gasteiger partial charge in [-0.25, -0.2) is 4.79 Å². The normalized spacial score (nSPS) is 10.1. The van der Waals surface area contributed by atoms with Gasteiger partial charge in [0, 0.05) is 19.6 Å². The van der Waals surface area contributed by atoms with Gasteiger partial charge in [0.25, 0.3) is 0 Å². The quantitative estimate of drug-likeness (QED) is 0.826. The Bertz CT molecular complexity index is 588. The van der Waals surface area contributed by atoms with Crippen molar-refractivity contribution in [1.29, 1.82) is 0 Å². The molecule has 5 nitrogen and oxygen atoms in total. The number of hydrogen-bond acceptors (Lipinski definition) is 2. The number of carbonyl (C=O) groups excluding carboxylic acids is 1. The highest BCUT2D eigenvalue weighted by molar-refractivity contribution is 5.75. The first-order valence-corrected chi connectivity index (χ1v) is 7.47. The molecule has 2 N–H and O–H groups in total. The monoisotopic (exact) mass is 312 g/mol. The van der Waals surface area contributed by atoms with E-state index >= 15 is 0 Å². The summed E-state index contributed by atoms with van der Waals surface area (Å²) < 4.78 is 0. The summed E-state index contributed by atoms with van der Waals surface area (Å²) in [5.41, 5.74) is 2.05. The van der Waals surface area contributed by atoms with E-state index < -0.39 is 5.97 Å². The van der Waals surface area contributed by atoms with Crippen molar-refractivity contribution in [3.8, 4) is 0 Å². The molecule has 0 fully saturated rings. The Morgan fingerprint density at radius 1 is 0.870 bits per heavy atom. The fourth-order valence-electron chi connectivity index (χ4n) is 2.20. The fraction of sp³-hybridized carbons (Fsp3) is 0.222. The van der Waals surface area contributed by atoms with Gasteiger partial charge in [-0.15, -0.1) is 0 Å². The standard InChI is InChI=1S/C18H20N2O3/c21-17(22)11-12-19-18(23)20(13-15-7-3-1-4-8-15)14-16-9-5-2-6-10-16/h1-10H,11-14H2,(H,19,23)(H,21,22). The molecule has 0 unspecified atom stereocenters. The van der Waals surface area contributed by atoms with Crippen LogP contribution >= 0.6 is 0 Å². The Morgan fingerprint density at radius 3 is 1.78 bits per heavy atom. The molecule has 0 spiro atoms. The maximum absolute atomic E-state index is 12.4. The van der Waals surface area contributed by atoms with Crippen LogP contribution in [0.5, 0.6) is 0 Å². The first-order chi connectivity index (χ1) is 11.1. The van der Waals surface area contributed by atoms with Crippen molar-refractivity contribution in [2.24, 2.45) is 0 Å². The highest BCUT2D eigenvalue weighted by Gasteiger charge is 2.14. The van der Waals surface area contributed by atoms with E-state index in [-0.39, 0.29) is 19.0 Å². The average Bonchev–Trinajstić information content (AvgIpc) is 2.56. The molecule has 120 valence electrons. The molecule has 0 aliphatic heterocycles. The van der Waals surface area contributed by atoms with Crippen LogP contribution in [-0.2, 0) is 17.9 Å². The van der Waals surface area contributed by atoms with Crippen LogP contribution in [0.15, 0.2) is 60.7 Å². The minimum Gasteiger partial charge on any atom is -0.481 e. The van der Waals surface area contributed by atoms with E-state index in [1.54, 1.807) is 4.90 Å². The zero-order valence-electron chi connectivity index (χ0n) is 12.8. The lowest BCUT2D eigenvalue weighted by Crippen LogP contribution is -2.39. The van der Waals surface area contributed by atoms with Crippen molar-refractivity contribution >= 4 is 12.0 Å². The van der Waals surface area contributed by atoms with Crippen LogP contribution in [0.25, 0.3) is 0 Å². The van der Waals surface area contributed by atoms with Crippen LogP contribution in [0.4, 0.5) is 4.79 Å². The second-order valence-electron chi connectivity index (χ2n) is 5.20. The Labute approximate surface area is 135 Å². The highest BCUT2D eigenvalue weighted by atomic mass is 16.4. The van der Waals surface area contributed by atoms with Gasteiger partial charge in [-0.1, -0.05) is 60.7 Å². The maximum Gasteiger partial charge on any atom is 0.318 e. The number of benzene rings is 2.